The van der Waals surface area contributed by atoms with E-state index < -0.39 is 29.2 Å². The van der Waals surface area contributed by atoms with Crippen LogP contribution in [0.3, 0.4) is 0 Å². The van der Waals surface area contributed by atoms with Crippen LogP contribution < -0.4 is 5.32 Å². The van der Waals surface area contributed by atoms with Crippen molar-refractivity contribution < 1.29 is 17.6 Å². The fraction of sp³-hybridized carbons (Fsp3) is 0.273. The summed E-state index contributed by atoms with van der Waals surface area (Å²) in [5.74, 6) is -6.57. The van der Waals surface area contributed by atoms with Gasteiger partial charge in [0.05, 0.1) is 11.4 Å². The van der Waals surface area contributed by atoms with Crippen molar-refractivity contribution in [1.82, 2.24) is 14.8 Å². The first-order valence-corrected chi connectivity index (χ1v) is 5.43. The molecule has 2 aromatic rings. The first kappa shape index (κ1) is 13.3. The predicted octanol–water partition coefficient (Wildman–Crippen LogP) is 2.68. The second-order valence-corrected chi connectivity index (χ2v) is 3.84. The van der Waals surface area contributed by atoms with Gasteiger partial charge in [0.1, 0.15) is 5.69 Å². The summed E-state index contributed by atoms with van der Waals surface area (Å²) in [6, 6.07) is 0. The summed E-state index contributed by atoms with van der Waals surface area (Å²) in [4.78, 5) is 2.48. The van der Waals surface area contributed by atoms with Gasteiger partial charge in [-0.05, 0) is 6.42 Å². The van der Waals surface area contributed by atoms with Crippen molar-refractivity contribution >= 4 is 11.4 Å². The molecule has 0 saturated carbocycles. The Hall–Kier alpha value is -2.12. The molecule has 0 fully saturated rings. The van der Waals surface area contributed by atoms with Crippen molar-refractivity contribution in [1.29, 1.82) is 0 Å². The molecule has 0 amide bonds. The van der Waals surface area contributed by atoms with E-state index in [4.69, 9.17) is 0 Å². The van der Waals surface area contributed by atoms with Gasteiger partial charge in [-0.25, -0.2) is 0 Å². The molecule has 0 radical (unpaired) electrons. The molecule has 8 heteroatoms. The number of anilines is 2. The topological polar surface area (TPSA) is 42.7 Å². The van der Waals surface area contributed by atoms with Crippen LogP contribution >= 0.6 is 0 Å². The number of nitrogens with zero attached hydrogens (tertiary/aromatic N) is 3. The van der Waals surface area contributed by atoms with E-state index in [0.717, 1.165) is 0 Å². The Balaban J connectivity index is 2.48. The molecule has 102 valence electrons. The molecular formula is C11H10F4N4. The van der Waals surface area contributed by atoms with Crippen LogP contribution in [0.1, 0.15) is 12.6 Å². The van der Waals surface area contributed by atoms with E-state index in [1.807, 2.05) is 0 Å². The number of halogens is 4. The fourth-order valence-electron chi connectivity index (χ4n) is 1.63. The Labute approximate surface area is 106 Å². The SMILES string of the molecule is CCc1nn(C)cc1Nc1c(F)c(F)nc(F)c1F. The van der Waals surface area contributed by atoms with Gasteiger partial charge in [0.15, 0.2) is 0 Å². The molecule has 1 N–H and O–H groups in total. The molecule has 0 atom stereocenters. The number of hydrogen-bond donors (Lipinski definition) is 1. The average molecular weight is 274 g/mol. The minimum absolute atomic E-state index is 0.271. The number of nitrogens with one attached hydrogen (secondary N) is 1. The largest absolute Gasteiger partial charge is 0.348 e. The van der Waals surface area contributed by atoms with Gasteiger partial charge in [0, 0.05) is 13.2 Å². The van der Waals surface area contributed by atoms with Gasteiger partial charge >= 0.3 is 0 Å². The third-order valence-electron chi connectivity index (χ3n) is 2.50. The smallest absolute Gasteiger partial charge is 0.253 e. The lowest BCUT2D eigenvalue weighted by molar-refractivity contribution is 0.411. The maximum absolute atomic E-state index is 13.4. The van der Waals surface area contributed by atoms with Gasteiger partial charge in [-0.2, -0.15) is 27.6 Å². The Morgan fingerprint density at radius 3 is 2.26 bits per heavy atom. The van der Waals surface area contributed by atoms with Crippen molar-refractivity contribution in [3.63, 3.8) is 0 Å². The van der Waals surface area contributed by atoms with E-state index in [1.165, 1.54) is 10.9 Å². The number of rotatable bonds is 3. The standard InChI is InChI=1S/C11H10F4N4/c1-3-5-6(4-19(2)18-5)16-9-7(12)10(14)17-11(15)8(9)13/h4H,3H2,1-2H3,(H,16,17). The summed E-state index contributed by atoms with van der Waals surface area (Å²) in [5, 5.41) is 6.34. The molecule has 0 spiro atoms. The summed E-state index contributed by atoms with van der Waals surface area (Å²) in [6.45, 7) is 1.79. The first-order chi connectivity index (χ1) is 8.93. The molecular weight excluding hydrogens is 264 g/mol. The number of hydrogen-bond acceptors (Lipinski definition) is 3. The molecule has 0 unspecified atom stereocenters. The molecule has 0 aromatic carbocycles. The summed E-state index contributed by atoms with van der Waals surface area (Å²) < 4.78 is 54.2. The minimum atomic E-state index is -1.71. The first-order valence-electron chi connectivity index (χ1n) is 5.43. The summed E-state index contributed by atoms with van der Waals surface area (Å²) in [7, 11) is 1.62. The van der Waals surface area contributed by atoms with Gasteiger partial charge in [-0.1, -0.05) is 6.92 Å². The quantitative estimate of drug-likeness (QED) is 0.691. The zero-order valence-electron chi connectivity index (χ0n) is 10.1. The van der Waals surface area contributed by atoms with Crippen molar-refractivity contribution in [2.75, 3.05) is 5.32 Å². The Morgan fingerprint density at radius 1 is 1.16 bits per heavy atom. The van der Waals surface area contributed by atoms with E-state index >= 15 is 0 Å². The lowest BCUT2D eigenvalue weighted by Crippen LogP contribution is -2.06. The third-order valence-corrected chi connectivity index (χ3v) is 2.50. The van der Waals surface area contributed by atoms with Crippen LogP contribution in [0, 0.1) is 23.5 Å². The molecule has 19 heavy (non-hydrogen) atoms. The maximum atomic E-state index is 13.4. The van der Waals surface area contributed by atoms with Gasteiger partial charge in [0.25, 0.3) is 11.9 Å². The van der Waals surface area contributed by atoms with E-state index in [0.29, 0.717) is 12.1 Å². The van der Waals surface area contributed by atoms with Gasteiger partial charge in [-0.15, -0.1) is 0 Å². The minimum Gasteiger partial charge on any atom is -0.348 e. The van der Waals surface area contributed by atoms with Crippen LogP contribution in [0.5, 0.6) is 0 Å². The molecule has 0 aliphatic heterocycles. The number of aryl methyl sites for hydroxylation is 2. The fourth-order valence-corrected chi connectivity index (χ4v) is 1.63. The highest BCUT2D eigenvalue weighted by Gasteiger charge is 2.22. The Kier molecular flexibility index (Phi) is 3.41. The van der Waals surface area contributed by atoms with Crippen LogP contribution in [0.15, 0.2) is 6.20 Å². The highest BCUT2D eigenvalue weighted by Crippen LogP contribution is 2.27. The maximum Gasteiger partial charge on any atom is 0.253 e. The molecule has 0 saturated heterocycles. The molecule has 4 nitrogen and oxygen atoms in total. The van der Waals surface area contributed by atoms with E-state index in [9.17, 15) is 17.6 Å². The number of aromatic nitrogens is 3. The molecule has 0 aliphatic rings. The summed E-state index contributed by atoms with van der Waals surface area (Å²) in [6.07, 6.45) is 1.94. The van der Waals surface area contributed by atoms with E-state index in [2.05, 4.69) is 15.4 Å². The highest BCUT2D eigenvalue weighted by molar-refractivity contribution is 5.62. The van der Waals surface area contributed by atoms with Gasteiger partial charge in [-0.3, -0.25) is 4.68 Å². The van der Waals surface area contributed by atoms with Crippen LogP contribution in [0.25, 0.3) is 0 Å². The summed E-state index contributed by atoms with van der Waals surface area (Å²) in [5.41, 5.74) is -0.139. The molecule has 2 heterocycles. The molecule has 2 rings (SSSR count). The summed E-state index contributed by atoms with van der Waals surface area (Å²) >= 11 is 0. The zero-order chi connectivity index (χ0) is 14.2. The molecule has 0 aliphatic carbocycles. The Bertz CT molecular complexity index is 597. The van der Waals surface area contributed by atoms with Crippen molar-refractivity contribution in [2.24, 2.45) is 7.05 Å². The van der Waals surface area contributed by atoms with Gasteiger partial charge < -0.3 is 5.32 Å². The average Bonchev–Trinajstić information content (AvgIpc) is 2.72. The van der Waals surface area contributed by atoms with E-state index in [1.54, 1.807) is 14.0 Å². The third kappa shape index (κ3) is 2.38. The number of pyridine rings is 1. The van der Waals surface area contributed by atoms with Crippen molar-refractivity contribution in [3.8, 4) is 0 Å². The van der Waals surface area contributed by atoms with Crippen LogP contribution in [0.2, 0.25) is 0 Å². The predicted molar refractivity (Wildman–Crippen MR) is 59.9 cm³/mol. The van der Waals surface area contributed by atoms with Crippen LogP contribution in [0.4, 0.5) is 28.9 Å². The zero-order valence-corrected chi connectivity index (χ0v) is 10.1. The van der Waals surface area contributed by atoms with Crippen LogP contribution in [-0.2, 0) is 13.5 Å². The Morgan fingerprint density at radius 2 is 1.74 bits per heavy atom. The van der Waals surface area contributed by atoms with Crippen molar-refractivity contribution in [3.05, 3.63) is 35.4 Å². The lowest BCUT2D eigenvalue weighted by atomic mass is 10.2. The van der Waals surface area contributed by atoms with E-state index in [-0.39, 0.29) is 5.69 Å². The van der Waals surface area contributed by atoms with Crippen LogP contribution in [-0.4, -0.2) is 14.8 Å². The second-order valence-electron chi connectivity index (χ2n) is 3.84. The monoisotopic (exact) mass is 274 g/mol. The second kappa shape index (κ2) is 4.87. The molecule has 0 bridgehead atoms. The van der Waals surface area contributed by atoms with Gasteiger partial charge in [0.2, 0.25) is 11.6 Å². The normalized spacial score (nSPS) is 10.8. The molecule has 2 aromatic heterocycles. The van der Waals surface area contributed by atoms with Crippen molar-refractivity contribution in [2.45, 2.75) is 13.3 Å². The highest BCUT2D eigenvalue weighted by atomic mass is 19.2. The lowest BCUT2D eigenvalue weighted by Gasteiger charge is -2.08.